The first-order chi connectivity index (χ1) is 9.56. The fourth-order valence-electron chi connectivity index (χ4n) is 1.63. The van der Waals surface area contributed by atoms with Gasteiger partial charge in [-0.1, -0.05) is 30.9 Å². The Morgan fingerprint density at radius 1 is 1.25 bits per heavy atom. The molecule has 2 unspecified atom stereocenters. The largest absolute Gasteiger partial charge is 0.380 e. The van der Waals surface area contributed by atoms with Gasteiger partial charge >= 0.3 is 0 Å². The Balaban J connectivity index is 4.51. The van der Waals surface area contributed by atoms with Gasteiger partial charge in [0.25, 0.3) is 0 Å². The number of rotatable bonds is 13. The SMILES string of the molecule is C=CCCC(NC=O)C(=C)NC(CSCC=C)C(=C)C. The normalized spacial score (nSPS) is 12.8. The molecule has 2 N–H and O–H groups in total. The van der Waals surface area contributed by atoms with E-state index in [0.29, 0.717) is 6.41 Å². The second kappa shape index (κ2) is 11.4. The Bertz CT molecular complexity index is 352. The van der Waals surface area contributed by atoms with E-state index < -0.39 is 0 Å². The van der Waals surface area contributed by atoms with Crippen LogP contribution in [0.3, 0.4) is 0 Å². The van der Waals surface area contributed by atoms with E-state index in [2.05, 4.69) is 36.9 Å². The summed E-state index contributed by atoms with van der Waals surface area (Å²) >= 11 is 1.79. The molecule has 0 aromatic heterocycles. The minimum absolute atomic E-state index is 0.0863. The molecule has 0 radical (unpaired) electrons. The molecule has 1 amide bonds. The van der Waals surface area contributed by atoms with Crippen molar-refractivity contribution in [1.82, 2.24) is 10.6 Å². The molecule has 0 saturated carbocycles. The van der Waals surface area contributed by atoms with Crippen LogP contribution in [0.5, 0.6) is 0 Å². The van der Waals surface area contributed by atoms with Crippen LogP contribution >= 0.6 is 11.8 Å². The zero-order valence-corrected chi connectivity index (χ0v) is 13.2. The molecule has 0 aromatic rings. The van der Waals surface area contributed by atoms with Crippen LogP contribution in [-0.2, 0) is 4.79 Å². The minimum Gasteiger partial charge on any atom is -0.380 e. The average molecular weight is 294 g/mol. The second-order valence-electron chi connectivity index (χ2n) is 4.60. The van der Waals surface area contributed by atoms with Gasteiger partial charge in [-0.25, -0.2) is 0 Å². The highest BCUT2D eigenvalue weighted by molar-refractivity contribution is 7.99. The van der Waals surface area contributed by atoms with Crippen LogP contribution in [0.4, 0.5) is 0 Å². The molecule has 0 bridgehead atoms. The van der Waals surface area contributed by atoms with Gasteiger partial charge in [-0.05, 0) is 19.8 Å². The summed E-state index contributed by atoms with van der Waals surface area (Å²) < 4.78 is 0. The van der Waals surface area contributed by atoms with Crippen molar-refractivity contribution < 1.29 is 4.79 Å². The number of amides is 1. The van der Waals surface area contributed by atoms with E-state index in [-0.39, 0.29) is 12.1 Å². The van der Waals surface area contributed by atoms with Crippen LogP contribution in [0.25, 0.3) is 0 Å². The third kappa shape index (κ3) is 7.89. The number of nitrogens with one attached hydrogen (secondary N) is 2. The monoisotopic (exact) mass is 294 g/mol. The summed E-state index contributed by atoms with van der Waals surface area (Å²) in [5, 5.41) is 6.15. The summed E-state index contributed by atoms with van der Waals surface area (Å²) in [7, 11) is 0. The first-order valence-corrected chi connectivity index (χ1v) is 7.82. The lowest BCUT2D eigenvalue weighted by atomic mass is 10.1. The number of hydrogen-bond acceptors (Lipinski definition) is 3. The Kier molecular flexibility index (Phi) is 10.6. The van der Waals surface area contributed by atoms with Crippen LogP contribution in [0.1, 0.15) is 19.8 Å². The third-order valence-corrected chi connectivity index (χ3v) is 3.86. The van der Waals surface area contributed by atoms with Crippen molar-refractivity contribution in [3.8, 4) is 0 Å². The molecule has 0 aliphatic carbocycles. The molecular formula is C16H26N2OS. The fourth-order valence-corrected chi connectivity index (χ4v) is 2.53. The lowest BCUT2D eigenvalue weighted by molar-refractivity contribution is -0.110. The maximum absolute atomic E-state index is 10.7. The number of carbonyl (C=O) groups is 1. The molecular weight excluding hydrogens is 268 g/mol. The summed E-state index contributed by atoms with van der Waals surface area (Å²) in [5.41, 5.74) is 1.86. The van der Waals surface area contributed by atoms with E-state index >= 15 is 0 Å². The molecule has 0 saturated heterocycles. The van der Waals surface area contributed by atoms with Crippen molar-refractivity contribution in [3.05, 3.63) is 49.7 Å². The Labute approximate surface area is 127 Å². The molecule has 0 heterocycles. The van der Waals surface area contributed by atoms with Gasteiger partial charge in [-0.3, -0.25) is 4.79 Å². The lowest BCUT2D eigenvalue weighted by Gasteiger charge is -2.26. The van der Waals surface area contributed by atoms with E-state index in [4.69, 9.17) is 0 Å². The maximum atomic E-state index is 10.7. The van der Waals surface area contributed by atoms with Gasteiger partial charge < -0.3 is 10.6 Å². The van der Waals surface area contributed by atoms with Gasteiger partial charge in [0.2, 0.25) is 6.41 Å². The Morgan fingerprint density at radius 2 is 1.95 bits per heavy atom. The van der Waals surface area contributed by atoms with Crippen molar-refractivity contribution in [1.29, 1.82) is 0 Å². The average Bonchev–Trinajstić information content (AvgIpc) is 2.42. The molecule has 3 nitrogen and oxygen atoms in total. The highest BCUT2D eigenvalue weighted by Crippen LogP contribution is 2.13. The van der Waals surface area contributed by atoms with Crippen molar-refractivity contribution in [3.63, 3.8) is 0 Å². The smallest absolute Gasteiger partial charge is 0.207 e. The van der Waals surface area contributed by atoms with Crippen LogP contribution < -0.4 is 10.6 Å². The summed E-state index contributed by atoms with van der Waals surface area (Å²) in [4.78, 5) is 10.7. The topological polar surface area (TPSA) is 41.1 Å². The highest BCUT2D eigenvalue weighted by atomic mass is 32.2. The van der Waals surface area contributed by atoms with Crippen molar-refractivity contribution >= 4 is 18.2 Å². The third-order valence-electron chi connectivity index (χ3n) is 2.82. The number of carbonyl (C=O) groups excluding carboxylic acids is 1. The zero-order valence-electron chi connectivity index (χ0n) is 12.4. The van der Waals surface area contributed by atoms with Gasteiger partial charge in [0.1, 0.15) is 0 Å². The van der Waals surface area contributed by atoms with Crippen molar-refractivity contribution in [2.24, 2.45) is 0 Å². The van der Waals surface area contributed by atoms with E-state index in [0.717, 1.165) is 35.6 Å². The summed E-state index contributed by atoms with van der Waals surface area (Å²) in [6.45, 7) is 17.4. The molecule has 4 heteroatoms. The lowest BCUT2D eigenvalue weighted by Crippen LogP contribution is -2.41. The molecule has 20 heavy (non-hydrogen) atoms. The first kappa shape index (κ1) is 18.6. The maximum Gasteiger partial charge on any atom is 0.207 e. The Morgan fingerprint density at radius 3 is 2.45 bits per heavy atom. The minimum atomic E-state index is -0.0863. The van der Waals surface area contributed by atoms with E-state index in [9.17, 15) is 4.79 Å². The fraction of sp³-hybridized carbons (Fsp3) is 0.438. The Hall–Kier alpha value is -1.42. The first-order valence-electron chi connectivity index (χ1n) is 6.66. The van der Waals surface area contributed by atoms with Gasteiger partial charge in [-0.15, -0.1) is 13.2 Å². The van der Waals surface area contributed by atoms with Gasteiger partial charge in [0.15, 0.2) is 0 Å². The molecule has 0 spiro atoms. The van der Waals surface area contributed by atoms with Crippen LogP contribution in [0, 0.1) is 0 Å². The molecule has 2 atom stereocenters. The van der Waals surface area contributed by atoms with E-state index in [1.165, 1.54) is 0 Å². The summed E-state index contributed by atoms with van der Waals surface area (Å²) in [5.74, 6) is 1.81. The molecule has 112 valence electrons. The quantitative estimate of drug-likeness (QED) is 0.312. The molecule has 0 fully saturated rings. The molecule has 0 rings (SSSR count). The van der Waals surface area contributed by atoms with Crippen LogP contribution in [0.15, 0.2) is 49.7 Å². The van der Waals surface area contributed by atoms with Gasteiger partial charge in [0, 0.05) is 17.2 Å². The summed E-state index contributed by atoms with van der Waals surface area (Å²) in [6, 6.07) is 0.0592. The molecule has 0 aliphatic rings. The van der Waals surface area contributed by atoms with Gasteiger partial charge in [-0.2, -0.15) is 11.8 Å². The molecule has 0 aromatic carbocycles. The predicted octanol–water partition coefficient (Wildman–Crippen LogP) is 3.03. The number of thioether (sulfide) groups is 1. The van der Waals surface area contributed by atoms with Crippen molar-refractivity contribution in [2.45, 2.75) is 31.8 Å². The van der Waals surface area contributed by atoms with E-state index in [1.54, 1.807) is 11.8 Å². The van der Waals surface area contributed by atoms with Crippen molar-refractivity contribution in [2.75, 3.05) is 11.5 Å². The van der Waals surface area contributed by atoms with Crippen LogP contribution in [-0.4, -0.2) is 30.0 Å². The predicted molar refractivity (Wildman–Crippen MR) is 90.8 cm³/mol. The summed E-state index contributed by atoms with van der Waals surface area (Å²) in [6.07, 6.45) is 6.05. The zero-order chi connectivity index (χ0) is 15.4. The van der Waals surface area contributed by atoms with E-state index in [1.807, 2.05) is 19.1 Å². The van der Waals surface area contributed by atoms with Gasteiger partial charge in [0.05, 0.1) is 12.1 Å². The molecule has 0 aliphatic heterocycles. The highest BCUT2D eigenvalue weighted by Gasteiger charge is 2.15. The van der Waals surface area contributed by atoms with Crippen LogP contribution in [0.2, 0.25) is 0 Å². The standard InChI is InChI=1S/C16H26N2OS/c1-6-8-9-15(17-12-19)14(5)18-16(13(3)4)11-20-10-7-2/h6-7,12,15-16,18H,1-3,5,8-11H2,4H3,(H,17,19). The number of hydrogen-bond donors (Lipinski definition) is 2. The number of allylic oxidation sites excluding steroid dienone is 1. The second-order valence-corrected chi connectivity index (χ2v) is 5.67.